The van der Waals surface area contributed by atoms with Crippen LogP contribution < -0.4 is 0 Å². The molecule has 112 valence electrons. The molecular formula is C14H22N2O4. The number of hydrogen-bond donors (Lipinski definition) is 0. The predicted molar refractivity (Wildman–Crippen MR) is 71.1 cm³/mol. The fraction of sp³-hybridized carbons (Fsp3) is 0.857. The molecule has 0 spiro atoms. The normalized spacial score (nSPS) is 36.5. The Kier molecular flexibility index (Phi) is 3.69. The summed E-state index contributed by atoms with van der Waals surface area (Å²) in [6, 6.07) is -0.647. The van der Waals surface area contributed by atoms with Gasteiger partial charge in [-0.15, -0.1) is 0 Å². The molecule has 6 heteroatoms. The quantitative estimate of drug-likeness (QED) is 0.729. The summed E-state index contributed by atoms with van der Waals surface area (Å²) in [7, 11) is 0. The summed E-state index contributed by atoms with van der Waals surface area (Å²) < 4.78 is 11.2. The van der Waals surface area contributed by atoms with Crippen LogP contribution in [0.5, 0.6) is 0 Å². The highest BCUT2D eigenvalue weighted by atomic mass is 16.5. The molecule has 0 bridgehead atoms. The van der Waals surface area contributed by atoms with Gasteiger partial charge < -0.3 is 19.3 Å². The van der Waals surface area contributed by atoms with Crippen LogP contribution in [0.4, 0.5) is 0 Å². The minimum atomic E-state index is -0.323. The zero-order valence-corrected chi connectivity index (χ0v) is 12.1. The lowest BCUT2D eigenvalue weighted by atomic mass is 10.1. The standard InChI is InChI=1S/C14H22N2O4/c1-3-19-9-5-11-13(17)16-8-10(20-4-2)6-12(16)14(18)15(11)7-9/h9-12H,3-8H2,1-2H3/t9-,10+,11-,12-/m1/s1. The largest absolute Gasteiger partial charge is 0.377 e. The van der Waals surface area contributed by atoms with Crippen LogP contribution >= 0.6 is 0 Å². The molecule has 3 saturated heterocycles. The Morgan fingerprint density at radius 2 is 1.30 bits per heavy atom. The number of nitrogens with zero attached hydrogens (tertiary/aromatic N) is 2. The maximum absolute atomic E-state index is 12.6. The van der Waals surface area contributed by atoms with Gasteiger partial charge in [0.2, 0.25) is 11.8 Å². The van der Waals surface area contributed by atoms with E-state index >= 15 is 0 Å². The van der Waals surface area contributed by atoms with Gasteiger partial charge in [-0.25, -0.2) is 0 Å². The molecule has 0 radical (unpaired) electrons. The second-order valence-corrected chi connectivity index (χ2v) is 5.64. The average molecular weight is 282 g/mol. The van der Waals surface area contributed by atoms with Crippen molar-refractivity contribution in [2.75, 3.05) is 26.3 Å². The zero-order valence-electron chi connectivity index (χ0n) is 12.1. The molecular weight excluding hydrogens is 260 g/mol. The lowest BCUT2D eigenvalue weighted by molar-refractivity contribution is -0.157. The van der Waals surface area contributed by atoms with Crippen molar-refractivity contribution < 1.29 is 19.1 Å². The van der Waals surface area contributed by atoms with E-state index in [1.165, 1.54) is 0 Å². The van der Waals surface area contributed by atoms with Crippen molar-refractivity contribution in [3.63, 3.8) is 0 Å². The maximum atomic E-state index is 12.6. The molecule has 0 aliphatic carbocycles. The number of hydrogen-bond acceptors (Lipinski definition) is 4. The molecule has 2 amide bonds. The molecule has 6 nitrogen and oxygen atoms in total. The molecule has 20 heavy (non-hydrogen) atoms. The summed E-state index contributed by atoms with van der Waals surface area (Å²) >= 11 is 0. The summed E-state index contributed by atoms with van der Waals surface area (Å²) in [4.78, 5) is 28.5. The number of piperazine rings is 1. The molecule has 0 aromatic rings. The molecule has 0 unspecified atom stereocenters. The molecule has 0 N–H and O–H groups in total. The molecule has 3 aliphatic rings. The number of amides is 2. The lowest BCUT2D eigenvalue weighted by Gasteiger charge is -2.38. The summed E-state index contributed by atoms with van der Waals surface area (Å²) in [5, 5.41) is 0. The van der Waals surface area contributed by atoms with Crippen LogP contribution in [0.1, 0.15) is 26.7 Å². The summed E-state index contributed by atoms with van der Waals surface area (Å²) in [6.07, 6.45) is 1.25. The Morgan fingerprint density at radius 1 is 0.900 bits per heavy atom. The molecule has 3 rings (SSSR count). The van der Waals surface area contributed by atoms with Crippen LogP contribution in [0.3, 0.4) is 0 Å². The van der Waals surface area contributed by atoms with Crippen molar-refractivity contribution in [3.8, 4) is 0 Å². The van der Waals surface area contributed by atoms with E-state index in [1.54, 1.807) is 9.80 Å². The average Bonchev–Trinajstić information content (AvgIpc) is 3.02. The van der Waals surface area contributed by atoms with Crippen LogP contribution in [0, 0.1) is 0 Å². The van der Waals surface area contributed by atoms with Crippen molar-refractivity contribution in [3.05, 3.63) is 0 Å². The molecule has 3 heterocycles. The Bertz CT molecular complexity index is 348. The number of rotatable bonds is 4. The van der Waals surface area contributed by atoms with Gasteiger partial charge in [0.25, 0.3) is 0 Å². The predicted octanol–water partition coefficient (Wildman–Crippen LogP) is 0.0120. The monoisotopic (exact) mass is 282 g/mol. The van der Waals surface area contributed by atoms with Crippen LogP contribution in [-0.4, -0.2) is 72.2 Å². The molecule has 0 aromatic carbocycles. The second kappa shape index (κ2) is 5.33. The van der Waals surface area contributed by atoms with Crippen molar-refractivity contribution in [1.82, 2.24) is 9.80 Å². The van der Waals surface area contributed by atoms with Gasteiger partial charge in [0, 0.05) is 39.1 Å². The third kappa shape index (κ3) is 2.11. The Morgan fingerprint density at radius 3 is 1.65 bits per heavy atom. The van der Waals surface area contributed by atoms with Gasteiger partial charge in [0.1, 0.15) is 12.1 Å². The minimum absolute atomic E-state index is 0.000570. The first-order valence-corrected chi connectivity index (χ1v) is 7.49. The lowest BCUT2D eigenvalue weighted by Crippen LogP contribution is -2.60. The van der Waals surface area contributed by atoms with E-state index in [-0.39, 0.29) is 36.1 Å². The van der Waals surface area contributed by atoms with E-state index < -0.39 is 0 Å². The summed E-state index contributed by atoms with van der Waals surface area (Å²) in [5.74, 6) is 0.137. The van der Waals surface area contributed by atoms with E-state index in [1.807, 2.05) is 13.8 Å². The zero-order chi connectivity index (χ0) is 14.3. The van der Waals surface area contributed by atoms with Gasteiger partial charge in [0.15, 0.2) is 0 Å². The smallest absolute Gasteiger partial charge is 0.246 e. The number of carbonyl (C=O) groups excluding carboxylic acids is 2. The van der Waals surface area contributed by atoms with E-state index in [0.29, 0.717) is 39.1 Å². The first-order valence-electron chi connectivity index (χ1n) is 7.49. The maximum Gasteiger partial charge on any atom is 0.246 e. The van der Waals surface area contributed by atoms with Crippen LogP contribution in [0.2, 0.25) is 0 Å². The van der Waals surface area contributed by atoms with Crippen LogP contribution in [0.25, 0.3) is 0 Å². The first-order chi connectivity index (χ1) is 9.65. The minimum Gasteiger partial charge on any atom is -0.377 e. The highest BCUT2D eigenvalue weighted by Crippen LogP contribution is 2.33. The van der Waals surface area contributed by atoms with Crippen LogP contribution in [-0.2, 0) is 19.1 Å². The number of fused-ring (bicyclic) bond motifs is 2. The Balaban J connectivity index is 1.75. The van der Waals surface area contributed by atoms with Gasteiger partial charge in [-0.05, 0) is 13.8 Å². The number of ether oxygens (including phenoxy) is 2. The van der Waals surface area contributed by atoms with Crippen LogP contribution in [0.15, 0.2) is 0 Å². The Hall–Kier alpha value is -1.14. The molecule has 3 aliphatic heterocycles. The Labute approximate surface area is 119 Å². The highest BCUT2D eigenvalue weighted by molar-refractivity contribution is 5.98. The van der Waals surface area contributed by atoms with Crippen molar-refractivity contribution in [1.29, 1.82) is 0 Å². The third-order valence-corrected chi connectivity index (χ3v) is 4.47. The topological polar surface area (TPSA) is 59.1 Å². The fourth-order valence-corrected chi connectivity index (χ4v) is 3.65. The van der Waals surface area contributed by atoms with Gasteiger partial charge in [-0.2, -0.15) is 0 Å². The highest BCUT2D eigenvalue weighted by Gasteiger charge is 2.53. The van der Waals surface area contributed by atoms with E-state index in [9.17, 15) is 9.59 Å². The summed E-state index contributed by atoms with van der Waals surface area (Å²) in [6.45, 7) is 6.21. The van der Waals surface area contributed by atoms with Gasteiger partial charge >= 0.3 is 0 Å². The molecule has 3 fully saturated rings. The van der Waals surface area contributed by atoms with Crippen molar-refractivity contribution in [2.45, 2.75) is 51.0 Å². The van der Waals surface area contributed by atoms with Gasteiger partial charge in [-0.3, -0.25) is 9.59 Å². The van der Waals surface area contributed by atoms with Gasteiger partial charge in [0.05, 0.1) is 12.2 Å². The third-order valence-electron chi connectivity index (χ3n) is 4.47. The van der Waals surface area contributed by atoms with Crippen molar-refractivity contribution >= 4 is 11.8 Å². The molecule has 0 saturated carbocycles. The van der Waals surface area contributed by atoms with Gasteiger partial charge in [-0.1, -0.05) is 0 Å². The SMILES string of the molecule is CCO[C@@H]1C[C@@H]2C(=O)N3C[C@@H](OCC)C[C@@H]3C(=O)N2C1. The molecule has 4 atom stereocenters. The van der Waals surface area contributed by atoms with Crippen molar-refractivity contribution in [2.24, 2.45) is 0 Å². The van der Waals surface area contributed by atoms with E-state index in [2.05, 4.69) is 0 Å². The van der Waals surface area contributed by atoms with E-state index in [4.69, 9.17) is 9.47 Å². The van der Waals surface area contributed by atoms with E-state index in [0.717, 1.165) is 0 Å². The molecule has 0 aromatic heterocycles. The fourth-order valence-electron chi connectivity index (χ4n) is 3.65. The second-order valence-electron chi connectivity index (χ2n) is 5.64. The number of carbonyl (C=O) groups is 2. The summed E-state index contributed by atoms with van der Waals surface area (Å²) in [5.41, 5.74) is 0. The first kappa shape index (κ1) is 13.8.